The molecule has 0 aliphatic heterocycles. The summed E-state index contributed by atoms with van der Waals surface area (Å²) in [5, 5.41) is 0.747. The Kier molecular flexibility index (Phi) is 3.59. The highest BCUT2D eigenvalue weighted by atomic mass is 35.5. The van der Waals surface area contributed by atoms with Crippen LogP contribution in [0.1, 0.15) is 33.2 Å². The number of hydrogen-bond acceptors (Lipinski definition) is 1. The summed E-state index contributed by atoms with van der Waals surface area (Å²) >= 11 is 11.5. The van der Waals surface area contributed by atoms with Crippen LogP contribution in [-0.4, -0.2) is 9.55 Å². The minimum absolute atomic E-state index is 0.375. The smallest absolute Gasteiger partial charge is 0.178 e. The van der Waals surface area contributed by atoms with Crippen molar-refractivity contribution in [3.8, 4) is 0 Å². The number of rotatable bonds is 3. The molecule has 1 aromatic heterocycles. The molecular formula is C13H17ClN2S. The Morgan fingerprint density at radius 3 is 2.76 bits per heavy atom. The SMILES string of the molecule is CCC(C)C(C)n1c(=S)[nH]c2ccc(Cl)cc21. The first kappa shape index (κ1) is 12.7. The van der Waals surface area contributed by atoms with Crippen molar-refractivity contribution in [3.05, 3.63) is 28.0 Å². The molecule has 2 unspecified atom stereocenters. The van der Waals surface area contributed by atoms with E-state index in [-0.39, 0.29) is 0 Å². The second-order valence-electron chi connectivity index (χ2n) is 4.59. The molecular weight excluding hydrogens is 252 g/mol. The van der Waals surface area contributed by atoms with E-state index in [1.165, 1.54) is 0 Å². The lowest BCUT2D eigenvalue weighted by atomic mass is 10.0. The standard InChI is InChI=1S/C13H17ClN2S/c1-4-8(2)9(3)16-12-7-10(14)5-6-11(12)15-13(16)17/h5-9H,4H2,1-3H3,(H,15,17). The van der Waals surface area contributed by atoms with E-state index in [0.29, 0.717) is 12.0 Å². The average molecular weight is 269 g/mol. The number of nitrogens with zero attached hydrogens (tertiary/aromatic N) is 1. The maximum atomic E-state index is 6.06. The minimum Gasteiger partial charge on any atom is -0.331 e. The van der Waals surface area contributed by atoms with Gasteiger partial charge in [0, 0.05) is 11.1 Å². The summed E-state index contributed by atoms with van der Waals surface area (Å²) in [6.07, 6.45) is 1.14. The van der Waals surface area contributed by atoms with Crippen LogP contribution in [0.5, 0.6) is 0 Å². The van der Waals surface area contributed by atoms with E-state index < -0.39 is 0 Å². The second kappa shape index (κ2) is 4.83. The monoisotopic (exact) mass is 268 g/mol. The fourth-order valence-electron chi connectivity index (χ4n) is 2.09. The molecule has 0 aliphatic carbocycles. The van der Waals surface area contributed by atoms with E-state index in [1.807, 2.05) is 18.2 Å². The zero-order valence-electron chi connectivity index (χ0n) is 10.3. The van der Waals surface area contributed by atoms with Crippen LogP contribution in [0.15, 0.2) is 18.2 Å². The molecule has 17 heavy (non-hydrogen) atoms. The van der Waals surface area contributed by atoms with E-state index in [9.17, 15) is 0 Å². The molecule has 0 bridgehead atoms. The summed E-state index contributed by atoms with van der Waals surface area (Å²) in [6, 6.07) is 6.21. The molecule has 1 N–H and O–H groups in total. The number of benzene rings is 1. The molecule has 0 radical (unpaired) electrons. The molecule has 0 saturated heterocycles. The van der Waals surface area contributed by atoms with Crippen LogP contribution in [0.25, 0.3) is 11.0 Å². The molecule has 2 rings (SSSR count). The average Bonchev–Trinajstić information content (AvgIpc) is 2.62. The molecule has 4 heteroatoms. The lowest BCUT2D eigenvalue weighted by Crippen LogP contribution is -2.13. The fourth-order valence-corrected chi connectivity index (χ4v) is 2.64. The molecule has 1 heterocycles. The number of halogens is 1. The van der Waals surface area contributed by atoms with Gasteiger partial charge in [0.15, 0.2) is 4.77 Å². The topological polar surface area (TPSA) is 20.7 Å². The van der Waals surface area contributed by atoms with Gasteiger partial charge in [-0.2, -0.15) is 0 Å². The molecule has 92 valence electrons. The fraction of sp³-hybridized carbons (Fsp3) is 0.462. The van der Waals surface area contributed by atoms with Gasteiger partial charge >= 0.3 is 0 Å². The molecule has 2 atom stereocenters. The van der Waals surface area contributed by atoms with Gasteiger partial charge in [0.1, 0.15) is 0 Å². The third-order valence-electron chi connectivity index (χ3n) is 3.55. The van der Waals surface area contributed by atoms with Crippen molar-refractivity contribution in [2.24, 2.45) is 5.92 Å². The Labute approximate surface area is 112 Å². The normalized spacial score (nSPS) is 15.1. The Hall–Kier alpha value is -0.800. The van der Waals surface area contributed by atoms with Crippen molar-refractivity contribution in [2.45, 2.75) is 33.2 Å². The quantitative estimate of drug-likeness (QED) is 0.781. The molecule has 2 aromatic rings. The van der Waals surface area contributed by atoms with E-state index >= 15 is 0 Å². The van der Waals surface area contributed by atoms with Crippen LogP contribution in [0, 0.1) is 10.7 Å². The van der Waals surface area contributed by atoms with Gasteiger partial charge in [0.2, 0.25) is 0 Å². The molecule has 0 fully saturated rings. The van der Waals surface area contributed by atoms with Gasteiger partial charge in [-0.15, -0.1) is 0 Å². The Bertz CT molecular complexity index is 585. The van der Waals surface area contributed by atoms with Crippen LogP contribution < -0.4 is 0 Å². The van der Waals surface area contributed by atoms with Crippen molar-refractivity contribution in [1.29, 1.82) is 0 Å². The largest absolute Gasteiger partial charge is 0.331 e. The van der Waals surface area contributed by atoms with Crippen LogP contribution in [0.3, 0.4) is 0 Å². The molecule has 0 spiro atoms. The van der Waals surface area contributed by atoms with Gasteiger partial charge in [0.05, 0.1) is 11.0 Å². The van der Waals surface area contributed by atoms with Crippen molar-refractivity contribution >= 4 is 34.9 Å². The molecule has 0 saturated carbocycles. The first-order valence-electron chi connectivity index (χ1n) is 5.94. The number of aromatic amines is 1. The third kappa shape index (κ3) is 2.26. The molecule has 0 amide bonds. The number of fused-ring (bicyclic) bond motifs is 1. The zero-order valence-corrected chi connectivity index (χ0v) is 11.9. The lowest BCUT2D eigenvalue weighted by Gasteiger charge is -2.20. The Balaban J connectivity index is 2.63. The van der Waals surface area contributed by atoms with Crippen LogP contribution in [0.2, 0.25) is 5.02 Å². The summed E-state index contributed by atoms with van der Waals surface area (Å²) in [5.41, 5.74) is 2.14. The van der Waals surface area contributed by atoms with Crippen molar-refractivity contribution in [2.75, 3.05) is 0 Å². The van der Waals surface area contributed by atoms with E-state index in [1.54, 1.807) is 0 Å². The number of imidazole rings is 1. The maximum absolute atomic E-state index is 6.06. The summed E-state index contributed by atoms with van der Waals surface area (Å²) in [5.74, 6) is 0.583. The number of aromatic nitrogens is 2. The number of H-pyrrole nitrogens is 1. The summed E-state index contributed by atoms with van der Waals surface area (Å²) < 4.78 is 2.94. The minimum atomic E-state index is 0.375. The van der Waals surface area contributed by atoms with Gasteiger partial charge < -0.3 is 9.55 Å². The summed E-state index contributed by atoms with van der Waals surface area (Å²) in [7, 11) is 0. The number of nitrogens with one attached hydrogen (secondary N) is 1. The van der Waals surface area contributed by atoms with Gasteiger partial charge in [0.25, 0.3) is 0 Å². The number of hydrogen-bond donors (Lipinski definition) is 1. The molecule has 1 aromatic carbocycles. The van der Waals surface area contributed by atoms with Gasteiger partial charge in [-0.05, 0) is 43.3 Å². The van der Waals surface area contributed by atoms with Crippen molar-refractivity contribution in [1.82, 2.24) is 9.55 Å². The second-order valence-corrected chi connectivity index (χ2v) is 5.41. The first-order chi connectivity index (χ1) is 8.04. The van der Waals surface area contributed by atoms with Crippen molar-refractivity contribution < 1.29 is 0 Å². The van der Waals surface area contributed by atoms with Crippen LogP contribution >= 0.6 is 23.8 Å². The Morgan fingerprint density at radius 1 is 1.41 bits per heavy atom. The third-order valence-corrected chi connectivity index (χ3v) is 4.09. The zero-order chi connectivity index (χ0) is 12.6. The van der Waals surface area contributed by atoms with Crippen molar-refractivity contribution in [3.63, 3.8) is 0 Å². The predicted octanol–water partition coefficient (Wildman–Crippen LogP) is 4.96. The van der Waals surface area contributed by atoms with E-state index in [2.05, 4.69) is 30.3 Å². The van der Waals surface area contributed by atoms with Gasteiger partial charge in [-0.25, -0.2) is 0 Å². The summed E-state index contributed by atoms with van der Waals surface area (Å²) in [4.78, 5) is 3.23. The maximum Gasteiger partial charge on any atom is 0.178 e. The van der Waals surface area contributed by atoms with Crippen LogP contribution in [-0.2, 0) is 0 Å². The highest BCUT2D eigenvalue weighted by molar-refractivity contribution is 7.71. The van der Waals surface area contributed by atoms with Crippen LogP contribution in [0.4, 0.5) is 0 Å². The highest BCUT2D eigenvalue weighted by Gasteiger charge is 2.16. The summed E-state index contributed by atoms with van der Waals surface area (Å²) in [6.45, 7) is 6.65. The van der Waals surface area contributed by atoms with E-state index in [4.69, 9.17) is 23.8 Å². The molecule has 2 nitrogen and oxygen atoms in total. The predicted molar refractivity (Wildman–Crippen MR) is 76.3 cm³/mol. The van der Waals surface area contributed by atoms with E-state index in [0.717, 1.165) is 27.2 Å². The van der Waals surface area contributed by atoms with Gasteiger partial charge in [-0.3, -0.25) is 0 Å². The Morgan fingerprint density at radius 2 is 2.12 bits per heavy atom. The lowest BCUT2D eigenvalue weighted by molar-refractivity contribution is 0.374. The molecule has 0 aliphatic rings. The highest BCUT2D eigenvalue weighted by Crippen LogP contribution is 2.27. The van der Waals surface area contributed by atoms with Gasteiger partial charge in [-0.1, -0.05) is 31.9 Å². The first-order valence-corrected chi connectivity index (χ1v) is 6.73.